The molecule has 0 amide bonds. The highest BCUT2D eigenvalue weighted by Gasteiger charge is 2.33. The molecule has 70 valence electrons. The van der Waals surface area contributed by atoms with Crippen LogP contribution in [0.25, 0.3) is 0 Å². The highest BCUT2D eigenvalue weighted by atomic mass is 33.2. The molecule has 1 aliphatic heterocycles. The Morgan fingerprint density at radius 1 is 1.00 bits per heavy atom. The highest BCUT2D eigenvalue weighted by molar-refractivity contribution is 9.02. The minimum atomic E-state index is -0.979. The van der Waals surface area contributed by atoms with Crippen molar-refractivity contribution in [2.75, 3.05) is 11.5 Å². The number of hydrogen-bond acceptors (Lipinski definition) is 3. The lowest BCUT2D eigenvalue weighted by atomic mass is 10.0. The van der Waals surface area contributed by atoms with Gasteiger partial charge in [0.15, 0.2) is 0 Å². The Kier molecular flexibility index (Phi) is 3.50. The Balaban J connectivity index is 2.01. The molecule has 1 heterocycles. The molecule has 2 fully saturated rings. The van der Waals surface area contributed by atoms with Crippen molar-refractivity contribution in [3.05, 3.63) is 0 Å². The van der Waals surface area contributed by atoms with Crippen molar-refractivity contribution >= 4 is 39.0 Å². The monoisotopic (exact) mass is 238 g/mol. The zero-order valence-electron chi connectivity index (χ0n) is 7.20. The maximum Gasteiger partial charge on any atom is 0.0602 e. The van der Waals surface area contributed by atoms with E-state index in [0.717, 1.165) is 5.66 Å². The van der Waals surface area contributed by atoms with Crippen LogP contribution < -0.4 is 0 Å². The second-order valence-electron chi connectivity index (χ2n) is 3.50. The van der Waals surface area contributed by atoms with E-state index in [4.69, 9.17) is 11.8 Å². The quantitative estimate of drug-likeness (QED) is 0.631. The summed E-state index contributed by atoms with van der Waals surface area (Å²) >= 11 is 10.1. The topological polar surface area (TPSA) is 0 Å². The molecule has 0 aromatic rings. The van der Waals surface area contributed by atoms with E-state index in [1.54, 1.807) is 0 Å². The standard InChI is InChI=1S/C8H15PS3/c10-9(11-6-7-12-9)8-4-2-1-3-5-8/h8H,1-7H2. The molecule has 0 nitrogen and oxygen atoms in total. The third kappa shape index (κ3) is 2.05. The molecule has 1 saturated heterocycles. The Morgan fingerprint density at radius 2 is 1.58 bits per heavy atom. The average Bonchev–Trinajstić information content (AvgIpc) is 2.55. The van der Waals surface area contributed by atoms with Gasteiger partial charge >= 0.3 is 0 Å². The van der Waals surface area contributed by atoms with E-state index in [9.17, 15) is 0 Å². The molecular weight excluding hydrogens is 223 g/mol. The van der Waals surface area contributed by atoms with E-state index < -0.39 is 4.44 Å². The summed E-state index contributed by atoms with van der Waals surface area (Å²) in [5.41, 5.74) is 0.943. The third-order valence-electron chi connectivity index (χ3n) is 2.65. The molecule has 0 aromatic heterocycles. The zero-order valence-corrected chi connectivity index (χ0v) is 10.5. The first kappa shape index (κ1) is 9.89. The van der Waals surface area contributed by atoms with Crippen LogP contribution in [0.3, 0.4) is 0 Å². The molecule has 0 N–H and O–H groups in total. The van der Waals surface area contributed by atoms with Crippen LogP contribution in [0.1, 0.15) is 32.1 Å². The molecule has 0 aromatic carbocycles. The SMILES string of the molecule is S=P1(C2CCCCC2)SCCS1. The lowest BCUT2D eigenvalue weighted by Gasteiger charge is -2.28. The van der Waals surface area contributed by atoms with E-state index >= 15 is 0 Å². The van der Waals surface area contributed by atoms with E-state index in [-0.39, 0.29) is 0 Å². The summed E-state index contributed by atoms with van der Waals surface area (Å²) in [7, 11) is 0. The van der Waals surface area contributed by atoms with Gasteiger partial charge in [-0.25, -0.2) is 0 Å². The molecule has 1 saturated carbocycles. The molecular formula is C8H15PS3. The fraction of sp³-hybridized carbons (Fsp3) is 1.00. The smallest absolute Gasteiger partial charge is 0.0602 e. The molecule has 2 rings (SSSR count). The molecule has 0 spiro atoms. The van der Waals surface area contributed by atoms with Crippen LogP contribution in [0.5, 0.6) is 0 Å². The largest absolute Gasteiger partial charge is 0.113 e. The van der Waals surface area contributed by atoms with Crippen molar-refractivity contribution in [1.82, 2.24) is 0 Å². The lowest BCUT2D eigenvalue weighted by Crippen LogP contribution is -2.09. The first-order valence-electron chi connectivity index (χ1n) is 4.70. The zero-order chi connectivity index (χ0) is 8.44. The van der Waals surface area contributed by atoms with Gasteiger partial charge in [-0.1, -0.05) is 31.1 Å². The fourth-order valence-corrected chi connectivity index (χ4v) is 14.2. The summed E-state index contributed by atoms with van der Waals surface area (Å²) in [6, 6.07) is 0. The Labute approximate surface area is 88.1 Å². The van der Waals surface area contributed by atoms with Gasteiger partial charge in [-0.2, -0.15) is 0 Å². The predicted molar refractivity (Wildman–Crippen MR) is 66.1 cm³/mol. The van der Waals surface area contributed by atoms with Crippen LogP contribution in [0.2, 0.25) is 0 Å². The van der Waals surface area contributed by atoms with Gasteiger partial charge in [-0.3, -0.25) is 0 Å². The minimum Gasteiger partial charge on any atom is -0.113 e. The Bertz CT molecular complexity index is 188. The number of rotatable bonds is 1. The average molecular weight is 238 g/mol. The second kappa shape index (κ2) is 4.25. The van der Waals surface area contributed by atoms with Gasteiger partial charge in [-0.15, -0.1) is 22.8 Å². The molecule has 0 bridgehead atoms. The normalized spacial score (nSPS) is 30.7. The fourth-order valence-electron chi connectivity index (χ4n) is 1.97. The van der Waals surface area contributed by atoms with E-state index in [1.165, 1.54) is 43.6 Å². The van der Waals surface area contributed by atoms with Gasteiger partial charge in [0.05, 0.1) is 4.44 Å². The van der Waals surface area contributed by atoms with Gasteiger partial charge < -0.3 is 0 Å². The van der Waals surface area contributed by atoms with Crippen LogP contribution in [0.4, 0.5) is 0 Å². The first-order valence-corrected chi connectivity index (χ1v) is 10.8. The van der Waals surface area contributed by atoms with E-state index in [0.29, 0.717) is 0 Å². The van der Waals surface area contributed by atoms with Crippen molar-refractivity contribution in [3.63, 3.8) is 0 Å². The molecule has 0 radical (unpaired) electrons. The van der Waals surface area contributed by atoms with Gasteiger partial charge in [0.25, 0.3) is 0 Å². The van der Waals surface area contributed by atoms with Gasteiger partial charge in [-0.05, 0) is 12.8 Å². The van der Waals surface area contributed by atoms with Gasteiger partial charge in [0, 0.05) is 17.2 Å². The minimum absolute atomic E-state index is 0.943. The molecule has 0 atom stereocenters. The highest BCUT2D eigenvalue weighted by Crippen LogP contribution is 2.78. The third-order valence-corrected chi connectivity index (χ3v) is 15.5. The maximum absolute atomic E-state index is 5.82. The Hall–Kier alpha value is 1.35. The molecule has 1 aliphatic carbocycles. The summed E-state index contributed by atoms with van der Waals surface area (Å²) in [5.74, 6) is 2.66. The van der Waals surface area contributed by atoms with Crippen molar-refractivity contribution in [2.45, 2.75) is 37.8 Å². The number of hydrogen-bond donors (Lipinski definition) is 0. The maximum atomic E-state index is 5.82. The van der Waals surface area contributed by atoms with E-state index in [1.807, 2.05) is 0 Å². The van der Waals surface area contributed by atoms with Gasteiger partial charge in [0.1, 0.15) is 0 Å². The van der Waals surface area contributed by atoms with Crippen molar-refractivity contribution < 1.29 is 0 Å². The van der Waals surface area contributed by atoms with Crippen LogP contribution in [-0.2, 0) is 11.8 Å². The summed E-state index contributed by atoms with van der Waals surface area (Å²) in [4.78, 5) is 0. The second-order valence-corrected chi connectivity index (χ2v) is 15.5. The molecule has 12 heavy (non-hydrogen) atoms. The summed E-state index contributed by atoms with van der Waals surface area (Å²) in [6.07, 6.45) is 7.24. The lowest BCUT2D eigenvalue weighted by molar-refractivity contribution is 0.514. The van der Waals surface area contributed by atoms with Crippen molar-refractivity contribution in [2.24, 2.45) is 0 Å². The van der Waals surface area contributed by atoms with Crippen LogP contribution in [0, 0.1) is 0 Å². The van der Waals surface area contributed by atoms with Gasteiger partial charge in [0.2, 0.25) is 0 Å². The first-order chi connectivity index (χ1) is 5.81. The van der Waals surface area contributed by atoms with Crippen molar-refractivity contribution in [3.8, 4) is 0 Å². The molecule has 2 aliphatic rings. The summed E-state index contributed by atoms with van der Waals surface area (Å²) in [6.45, 7) is 0. The molecule has 0 unspecified atom stereocenters. The van der Waals surface area contributed by atoms with Crippen LogP contribution in [-0.4, -0.2) is 17.2 Å². The summed E-state index contributed by atoms with van der Waals surface area (Å²) in [5, 5.41) is 0. The van der Waals surface area contributed by atoms with Crippen LogP contribution >= 0.6 is 27.2 Å². The summed E-state index contributed by atoms with van der Waals surface area (Å²) < 4.78 is -0.979. The predicted octanol–water partition coefficient (Wildman–Crippen LogP) is 4.11. The Morgan fingerprint density at radius 3 is 2.17 bits per heavy atom. The van der Waals surface area contributed by atoms with Crippen molar-refractivity contribution in [1.29, 1.82) is 0 Å². The molecule has 4 heteroatoms. The van der Waals surface area contributed by atoms with E-state index in [2.05, 4.69) is 22.8 Å². The van der Waals surface area contributed by atoms with Crippen LogP contribution in [0.15, 0.2) is 0 Å².